The molecule has 0 spiro atoms. The number of hydrogen-bond donors (Lipinski definition) is 2. The molecule has 0 atom stereocenters. The number of pyridine rings is 1. The van der Waals surface area contributed by atoms with E-state index in [1.165, 1.54) is 11.3 Å². The average molecular weight is 413 g/mol. The highest BCUT2D eigenvalue weighted by molar-refractivity contribution is 7.18. The van der Waals surface area contributed by atoms with E-state index in [1.54, 1.807) is 24.1 Å². The largest absolute Gasteiger partial charge is 0.360 e. The molecule has 2 N–H and O–H groups in total. The van der Waals surface area contributed by atoms with Gasteiger partial charge in [-0.15, -0.1) is 10.2 Å². The van der Waals surface area contributed by atoms with Crippen LogP contribution in [0.2, 0.25) is 0 Å². The summed E-state index contributed by atoms with van der Waals surface area (Å²) in [6.07, 6.45) is 2.83. The minimum atomic E-state index is -0.250. The molecule has 1 saturated heterocycles. The average Bonchev–Trinajstić information content (AvgIpc) is 3.37. The summed E-state index contributed by atoms with van der Waals surface area (Å²) in [7, 11) is 0. The number of likely N-dealkylation sites (tertiary alicyclic amines) is 1. The molecule has 11 heteroatoms. The van der Waals surface area contributed by atoms with Gasteiger partial charge in [0.05, 0.1) is 0 Å². The predicted octanol–water partition coefficient (Wildman–Crippen LogP) is 2.78. The Morgan fingerprint density at radius 1 is 1.21 bits per heavy atom. The number of nitrogens with zero attached hydrogens (tertiary/aromatic N) is 5. The molecule has 0 bridgehead atoms. The van der Waals surface area contributed by atoms with Gasteiger partial charge in [0.15, 0.2) is 10.8 Å². The van der Waals surface area contributed by atoms with Crippen molar-refractivity contribution >= 4 is 34.2 Å². The van der Waals surface area contributed by atoms with Gasteiger partial charge >= 0.3 is 6.03 Å². The standard InChI is InChI=1S/C18H19N7O3S/c1-11-10-14(24-28-11)20-15(26)12-5-8-25(9-6-12)18(27)21-17-23-22-16(29-17)13-4-2-3-7-19-13/h2-4,7,10,12H,5-6,8-9H2,1H3,(H,20,24,26)(H,21,23,27). The fourth-order valence-electron chi connectivity index (χ4n) is 3.04. The van der Waals surface area contributed by atoms with E-state index in [4.69, 9.17) is 4.52 Å². The molecule has 1 aliphatic rings. The van der Waals surface area contributed by atoms with Crippen molar-refractivity contribution in [1.82, 2.24) is 25.2 Å². The number of piperidine rings is 1. The summed E-state index contributed by atoms with van der Waals surface area (Å²) in [5.74, 6) is 0.762. The van der Waals surface area contributed by atoms with Gasteiger partial charge in [-0.05, 0) is 31.9 Å². The van der Waals surface area contributed by atoms with E-state index >= 15 is 0 Å². The van der Waals surface area contributed by atoms with Crippen molar-refractivity contribution in [2.45, 2.75) is 19.8 Å². The molecule has 4 rings (SSSR count). The maximum atomic E-state index is 12.5. The number of amides is 3. The van der Waals surface area contributed by atoms with Crippen molar-refractivity contribution in [3.8, 4) is 10.7 Å². The Labute approximate surface area is 170 Å². The first kappa shape index (κ1) is 19.0. The zero-order valence-corrected chi connectivity index (χ0v) is 16.5. The van der Waals surface area contributed by atoms with Crippen LogP contribution in [0.15, 0.2) is 35.0 Å². The van der Waals surface area contributed by atoms with E-state index in [-0.39, 0.29) is 17.9 Å². The van der Waals surface area contributed by atoms with Crippen LogP contribution >= 0.6 is 11.3 Å². The third kappa shape index (κ3) is 4.57. The monoisotopic (exact) mass is 413 g/mol. The van der Waals surface area contributed by atoms with Crippen LogP contribution in [-0.4, -0.2) is 50.3 Å². The van der Waals surface area contributed by atoms with Gasteiger partial charge in [-0.2, -0.15) is 0 Å². The van der Waals surface area contributed by atoms with Gasteiger partial charge < -0.3 is 14.7 Å². The molecule has 0 aliphatic carbocycles. The molecule has 3 amide bonds. The molecule has 3 aromatic heterocycles. The lowest BCUT2D eigenvalue weighted by Crippen LogP contribution is -2.43. The van der Waals surface area contributed by atoms with Gasteiger partial charge in [0.25, 0.3) is 0 Å². The second kappa shape index (κ2) is 8.35. The Morgan fingerprint density at radius 3 is 2.72 bits per heavy atom. The number of hydrogen-bond acceptors (Lipinski definition) is 8. The van der Waals surface area contributed by atoms with Crippen LogP contribution in [0.4, 0.5) is 15.7 Å². The molecule has 10 nitrogen and oxygen atoms in total. The minimum absolute atomic E-state index is 0.109. The second-order valence-electron chi connectivity index (χ2n) is 6.63. The zero-order valence-electron chi connectivity index (χ0n) is 15.7. The van der Waals surface area contributed by atoms with Crippen molar-refractivity contribution in [3.05, 3.63) is 36.2 Å². The van der Waals surface area contributed by atoms with Gasteiger partial charge in [0.2, 0.25) is 11.0 Å². The highest BCUT2D eigenvalue weighted by atomic mass is 32.1. The molecule has 0 aromatic carbocycles. The minimum Gasteiger partial charge on any atom is -0.360 e. The third-order valence-electron chi connectivity index (χ3n) is 4.56. The number of urea groups is 1. The fraction of sp³-hybridized carbons (Fsp3) is 0.333. The molecule has 29 heavy (non-hydrogen) atoms. The molecule has 150 valence electrons. The number of carbonyl (C=O) groups excluding carboxylic acids is 2. The maximum Gasteiger partial charge on any atom is 0.323 e. The highest BCUT2D eigenvalue weighted by Crippen LogP contribution is 2.25. The van der Waals surface area contributed by atoms with E-state index < -0.39 is 0 Å². The van der Waals surface area contributed by atoms with Gasteiger partial charge in [0.1, 0.15) is 11.5 Å². The molecule has 0 saturated carbocycles. The van der Waals surface area contributed by atoms with Crippen LogP contribution in [0.5, 0.6) is 0 Å². The molecular weight excluding hydrogens is 394 g/mol. The topological polar surface area (TPSA) is 126 Å². The number of aromatic nitrogens is 4. The summed E-state index contributed by atoms with van der Waals surface area (Å²) in [5, 5.41) is 18.4. The van der Waals surface area contributed by atoms with Crippen molar-refractivity contribution in [2.75, 3.05) is 23.7 Å². The molecule has 1 aliphatic heterocycles. The Morgan fingerprint density at radius 2 is 2.03 bits per heavy atom. The number of anilines is 2. The molecule has 1 fully saturated rings. The Bertz CT molecular complexity index is 996. The molecule has 0 radical (unpaired) electrons. The summed E-state index contributed by atoms with van der Waals surface area (Å²) in [4.78, 5) is 30.7. The lowest BCUT2D eigenvalue weighted by atomic mass is 9.96. The maximum absolute atomic E-state index is 12.5. The summed E-state index contributed by atoms with van der Waals surface area (Å²) in [6, 6.07) is 6.94. The Kier molecular flexibility index (Phi) is 5.47. The van der Waals surface area contributed by atoms with Gasteiger partial charge in [-0.1, -0.05) is 22.6 Å². The lowest BCUT2D eigenvalue weighted by Gasteiger charge is -2.30. The number of nitrogens with one attached hydrogen (secondary N) is 2. The zero-order chi connectivity index (χ0) is 20.2. The van der Waals surface area contributed by atoms with Crippen molar-refractivity contribution in [3.63, 3.8) is 0 Å². The number of rotatable bonds is 4. The normalized spacial score (nSPS) is 14.6. The van der Waals surface area contributed by atoms with Crippen LogP contribution in [0.3, 0.4) is 0 Å². The van der Waals surface area contributed by atoms with Crippen LogP contribution < -0.4 is 10.6 Å². The van der Waals surface area contributed by atoms with E-state index in [0.717, 1.165) is 0 Å². The Hall–Kier alpha value is -3.34. The second-order valence-corrected chi connectivity index (χ2v) is 7.61. The highest BCUT2D eigenvalue weighted by Gasteiger charge is 2.28. The molecule has 4 heterocycles. The van der Waals surface area contributed by atoms with Crippen molar-refractivity contribution in [2.24, 2.45) is 5.92 Å². The van der Waals surface area contributed by atoms with Crippen molar-refractivity contribution in [1.29, 1.82) is 0 Å². The van der Waals surface area contributed by atoms with Crippen LogP contribution in [0.25, 0.3) is 10.7 Å². The first-order valence-electron chi connectivity index (χ1n) is 9.13. The molecule has 0 unspecified atom stereocenters. The first-order valence-corrected chi connectivity index (χ1v) is 9.95. The summed E-state index contributed by atoms with van der Waals surface area (Å²) >= 11 is 1.26. The third-order valence-corrected chi connectivity index (χ3v) is 5.42. The van der Waals surface area contributed by atoms with Crippen molar-refractivity contribution < 1.29 is 14.1 Å². The summed E-state index contributed by atoms with van der Waals surface area (Å²) in [5.41, 5.74) is 0.708. The molecule has 3 aromatic rings. The summed E-state index contributed by atoms with van der Waals surface area (Å²) < 4.78 is 4.95. The van der Waals surface area contributed by atoms with Gasteiger partial charge in [0, 0.05) is 31.3 Å². The SMILES string of the molecule is Cc1cc(NC(=O)C2CCN(C(=O)Nc3nnc(-c4ccccn4)s3)CC2)no1. The van der Waals surface area contributed by atoms with Crippen LogP contribution in [0, 0.1) is 12.8 Å². The van der Waals surface area contributed by atoms with E-state index in [9.17, 15) is 9.59 Å². The van der Waals surface area contributed by atoms with Gasteiger partial charge in [-0.25, -0.2) is 4.79 Å². The fourth-order valence-corrected chi connectivity index (χ4v) is 3.75. The van der Waals surface area contributed by atoms with Crippen LogP contribution in [-0.2, 0) is 4.79 Å². The lowest BCUT2D eigenvalue weighted by molar-refractivity contribution is -0.121. The smallest absolute Gasteiger partial charge is 0.323 e. The van der Waals surface area contributed by atoms with Crippen LogP contribution in [0.1, 0.15) is 18.6 Å². The molecular formula is C18H19N7O3S. The Balaban J connectivity index is 1.28. The van der Waals surface area contributed by atoms with E-state index in [0.29, 0.717) is 53.3 Å². The number of carbonyl (C=O) groups is 2. The van der Waals surface area contributed by atoms with E-state index in [1.807, 2.05) is 18.2 Å². The first-order chi connectivity index (χ1) is 14.1. The quantitative estimate of drug-likeness (QED) is 0.673. The van der Waals surface area contributed by atoms with E-state index in [2.05, 4.69) is 31.0 Å². The van der Waals surface area contributed by atoms with Gasteiger partial charge in [-0.3, -0.25) is 15.1 Å². The summed E-state index contributed by atoms with van der Waals surface area (Å²) in [6.45, 7) is 2.72. The number of aryl methyl sites for hydroxylation is 1. The predicted molar refractivity (Wildman–Crippen MR) is 106 cm³/mol.